The lowest BCUT2D eigenvalue weighted by atomic mass is 10.1. The van der Waals surface area contributed by atoms with Crippen molar-refractivity contribution in [2.24, 2.45) is 0 Å². The molecule has 1 rings (SSSR count). The monoisotopic (exact) mass is 252 g/mol. The number of carbonyl (C=O) groups is 1. The number of ether oxygens (including phenoxy) is 1. The van der Waals surface area contributed by atoms with E-state index in [9.17, 15) is 4.79 Å². The van der Waals surface area contributed by atoms with Crippen LogP contribution in [-0.4, -0.2) is 28.8 Å². The van der Waals surface area contributed by atoms with Crippen LogP contribution < -0.4 is 0 Å². The van der Waals surface area contributed by atoms with Crippen molar-refractivity contribution in [2.75, 3.05) is 13.2 Å². The zero-order chi connectivity index (χ0) is 13.5. The Morgan fingerprint density at radius 3 is 2.44 bits per heavy atom. The van der Waals surface area contributed by atoms with Gasteiger partial charge in [0.05, 0.1) is 24.4 Å². The molecule has 0 fully saturated rings. The highest BCUT2D eigenvalue weighted by atomic mass is 16.5. The van der Waals surface area contributed by atoms with E-state index in [0.717, 1.165) is 49.4 Å². The molecule has 102 valence electrons. The van der Waals surface area contributed by atoms with Crippen LogP contribution >= 0.6 is 0 Å². The van der Waals surface area contributed by atoms with Crippen molar-refractivity contribution in [3.8, 4) is 0 Å². The third kappa shape index (κ3) is 3.42. The van der Waals surface area contributed by atoms with Crippen molar-refractivity contribution in [2.45, 2.75) is 53.5 Å². The van der Waals surface area contributed by atoms with E-state index < -0.39 is 0 Å². The Bertz CT molecular complexity index is 397. The summed E-state index contributed by atoms with van der Waals surface area (Å²) in [5.41, 5.74) is 2.77. The molecule has 18 heavy (non-hydrogen) atoms. The van der Waals surface area contributed by atoms with Crippen LogP contribution in [0.4, 0.5) is 0 Å². The fourth-order valence-electron chi connectivity index (χ4n) is 2.15. The van der Waals surface area contributed by atoms with Crippen molar-refractivity contribution >= 4 is 5.78 Å². The quantitative estimate of drug-likeness (QED) is 0.527. The van der Waals surface area contributed by atoms with Crippen LogP contribution in [0.3, 0.4) is 0 Å². The maximum absolute atomic E-state index is 11.7. The number of aromatic nitrogens is 2. The molecule has 0 radical (unpaired) electrons. The summed E-state index contributed by atoms with van der Waals surface area (Å²) in [5.74, 6) is 0.115. The highest BCUT2D eigenvalue weighted by Crippen LogP contribution is 2.17. The van der Waals surface area contributed by atoms with Crippen LogP contribution in [0.2, 0.25) is 0 Å². The Morgan fingerprint density at radius 2 is 1.94 bits per heavy atom. The van der Waals surface area contributed by atoms with Gasteiger partial charge in [-0.3, -0.25) is 9.48 Å². The Hall–Kier alpha value is -1.16. The highest BCUT2D eigenvalue weighted by Gasteiger charge is 2.18. The van der Waals surface area contributed by atoms with Gasteiger partial charge in [-0.2, -0.15) is 5.10 Å². The molecule has 1 heterocycles. The SMILES string of the molecule is CCCOCCn1nc(CC)c(C(C)=O)c1CC. The third-order valence-electron chi connectivity index (χ3n) is 2.95. The molecule has 0 aromatic carbocycles. The molecule has 1 aromatic rings. The molecule has 4 heteroatoms. The summed E-state index contributed by atoms with van der Waals surface area (Å²) in [6, 6.07) is 0. The Balaban J connectivity index is 2.87. The second-order valence-corrected chi connectivity index (χ2v) is 4.37. The first-order valence-corrected chi connectivity index (χ1v) is 6.82. The molecule has 0 amide bonds. The second kappa shape index (κ2) is 7.31. The molecule has 4 nitrogen and oxygen atoms in total. The van der Waals surface area contributed by atoms with Gasteiger partial charge in [0.1, 0.15) is 0 Å². The van der Waals surface area contributed by atoms with Gasteiger partial charge in [-0.15, -0.1) is 0 Å². The van der Waals surface area contributed by atoms with E-state index in [1.54, 1.807) is 6.92 Å². The van der Waals surface area contributed by atoms with Crippen molar-refractivity contribution in [1.29, 1.82) is 0 Å². The summed E-state index contributed by atoms with van der Waals surface area (Å²) < 4.78 is 7.42. The van der Waals surface area contributed by atoms with E-state index in [4.69, 9.17) is 4.74 Å². The summed E-state index contributed by atoms with van der Waals surface area (Å²) in [6.45, 7) is 9.97. The smallest absolute Gasteiger partial charge is 0.163 e. The molecule has 0 atom stereocenters. The average molecular weight is 252 g/mol. The molecule has 0 bridgehead atoms. The molecule has 0 N–H and O–H groups in total. The largest absolute Gasteiger partial charge is 0.380 e. The van der Waals surface area contributed by atoms with Crippen LogP contribution in [0.15, 0.2) is 0 Å². The molecule has 0 spiro atoms. The molecular weight excluding hydrogens is 228 g/mol. The lowest BCUT2D eigenvalue weighted by Gasteiger charge is -2.07. The number of nitrogens with zero attached hydrogens (tertiary/aromatic N) is 2. The lowest BCUT2D eigenvalue weighted by Crippen LogP contribution is -2.11. The molecule has 0 aliphatic rings. The minimum absolute atomic E-state index is 0.115. The Kier molecular flexibility index (Phi) is 6.05. The number of aryl methyl sites for hydroxylation is 1. The summed E-state index contributed by atoms with van der Waals surface area (Å²) in [6.07, 6.45) is 2.65. The van der Waals surface area contributed by atoms with E-state index in [1.807, 2.05) is 11.6 Å². The average Bonchev–Trinajstić information content (AvgIpc) is 2.72. The maximum Gasteiger partial charge on any atom is 0.163 e. The summed E-state index contributed by atoms with van der Waals surface area (Å²) in [5, 5.41) is 4.53. The fourth-order valence-corrected chi connectivity index (χ4v) is 2.15. The molecule has 0 unspecified atom stereocenters. The molecule has 0 aliphatic carbocycles. The van der Waals surface area contributed by atoms with Crippen molar-refractivity contribution in [1.82, 2.24) is 9.78 Å². The molecule has 1 aromatic heterocycles. The van der Waals surface area contributed by atoms with Gasteiger partial charge in [-0.1, -0.05) is 20.8 Å². The standard InChI is InChI=1S/C14H24N2O2/c1-5-9-18-10-8-16-13(7-3)14(11(4)17)12(6-2)15-16/h5-10H2,1-4H3. The van der Waals surface area contributed by atoms with Gasteiger partial charge < -0.3 is 4.74 Å². The van der Waals surface area contributed by atoms with E-state index in [0.29, 0.717) is 6.61 Å². The predicted octanol–water partition coefficient (Wildman–Crippen LogP) is 2.64. The summed E-state index contributed by atoms with van der Waals surface area (Å²) in [4.78, 5) is 11.7. The van der Waals surface area contributed by atoms with Gasteiger partial charge in [0.2, 0.25) is 0 Å². The van der Waals surface area contributed by atoms with Gasteiger partial charge >= 0.3 is 0 Å². The molecular formula is C14H24N2O2. The van der Waals surface area contributed by atoms with Gasteiger partial charge in [0.15, 0.2) is 5.78 Å². The Morgan fingerprint density at radius 1 is 1.22 bits per heavy atom. The number of Topliss-reactive ketones (excluding diaryl/α,β-unsaturated/α-hetero) is 1. The van der Waals surface area contributed by atoms with E-state index in [1.165, 1.54) is 0 Å². The first kappa shape index (κ1) is 14.9. The van der Waals surface area contributed by atoms with Crippen LogP contribution in [0.25, 0.3) is 0 Å². The lowest BCUT2D eigenvalue weighted by molar-refractivity contribution is 0.101. The molecule has 0 aliphatic heterocycles. The zero-order valence-electron chi connectivity index (χ0n) is 12.0. The number of rotatable bonds is 8. The second-order valence-electron chi connectivity index (χ2n) is 4.37. The first-order chi connectivity index (χ1) is 8.65. The molecule has 0 saturated heterocycles. The van der Waals surface area contributed by atoms with Crippen molar-refractivity contribution in [3.63, 3.8) is 0 Å². The van der Waals surface area contributed by atoms with Gasteiger partial charge in [0, 0.05) is 12.3 Å². The first-order valence-electron chi connectivity index (χ1n) is 6.82. The normalized spacial score (nSPS) is 10.9. The van der Waals surface area contributed by atoms with Crippen LogP contribution in [0.1, 0.15) is 55.9 Å². The topological polar surface area (TPSA) is 44.1 Å². The minimum Gasteiger partial charge on any atom is -0.380 e. The maximum atomic E-state index is 11.7. The summed E-state index contributed by atoms with van der Waals surface area (Å²) >= 11 is 0. The van der Waals surface area contributed by atoms with E-state index in [-0.39, 0.29) is 5.78 Å². The van der Waals surface area contributed by atoms with Gasteiger partial charge in [0.25, 0.3) is 0 Å². The number of carbonyl (C=O) groups excluding carboxylic acids is 1. The highest BCUT2D eigenvalue weighted by molar-refractivity contribution is 5.96. The third-order valence-corrected chi connectivity index (χ3v) is 2.95. The van der Waals surface area contributed by atoms with Crippen LogP contribution in [-0.2, 0) is 24.1 Å². The zero-order valence-corrected chi connectivity index (χ0v) is 12.0. The summed E-state index contributed by atoms with van der Waals surface area (Å²) in [7, 11) is 0. The number of ketones is 1. The van der Waals surface area contributed by atoms with Crippen LogP contribution in [0.5, 0.6) is 0 Å². The number of hydrogen-bond donors (Lipinski definition) is 0. The van der Waals surface area contributed by atoms with Gasteiger partial charge in [-0.05, 0) is 26.2 Å². The van der Waals surface area contributed by atoms with Gasteiger partial charge in [-0.25, -0.2) is 0 Å². The minimum atomic E-state index is 0.115. The van der Waals surface area contributed by atoms with Crippen LogP contribution in [0, 0.1) is 0 Å². The molecule has 0 saturated carbocycles. The number of hydrogen-bond acceptors (Lipinski definition) is 3. The van der Waals surface area contributed by atoms with E-state index >= 15 is 0 Å². The fraction of sp³-hybridized carbons (Fsp3) is 0.714. The van der Waals surface area contributed by atoms with Crippen molar-refractivity contribution in [3.05, 3.63) is 17.0 Å². The predicted molar refractivity (Wildman–Crippen MR) is 72.1 cm³/mol. The van der Waals surface area contributed by atoms with Crippen molar-refractivity contribution < 1.29 is 9.53 Å². The Labute approximate surface area is 109 Å². The van der Waals surface area contributed by atoms with E-state index in [2.05, 4.69) is 18.9 Å².